The third kappa shape index (κ3) is 31.8. The summed E-state index contributed by atoms with van der Waals surface area (Å²) in [5, 5.41) is 60.8. The van der Waals surface area contributed by atoms with Gasteiger partial charge in [0.1, 0.15) is 62.2 Å². The van der Waals surface area contributed by atoms with Gasteiger partial charge in [-0.15, -0.1) is 80.4 Å². The van der Waals surface area contributed by atoms with E-state index in [0.29, 0.717) is 57.5 Å². The molecule has 37 nitrogen and oxygen atoms in total. The number of imidazole rings is 1. The van der Waals surface area contributed by atoms with Crippen molar-refractivity contribution < 1.29 is 121 Å². The number of nitrogens with one attached hydrogen (secondary N) is 4. The van der Waals surface area contributed by atoms with E-state index in [9.17, 15) is 46.8 Å². The number of amides is 4. The predicted molar refractivity (Wildman–Crippen MR) is 561 cm³/mol. The summed E-state index contributed by atoms with van der Waals surface area (Å²) in [6.45, 7) is 27.1. The number of aromatic amines is 3. The smallest absolute Gasteiger partial charge is 1.00 e. The van der Waals surface area contributed by atoms with E-state index >= 15 is 0 Å². The number of Topliss-reactive ketones (excluding diaryl/α,β-unsaturated/α-hetero) is 1. The molecule has 3 radical (unpaired) electrons. The number of hydrogen-bond donors (Lipinski definition) is 7. The van der Waals surface area contributed by atoms with Gasteiger partial charge >= 0.3 is 53.7 Å². The molecule has 0 spiro atoms. The molecule has 14 aromatic rings. The first-order valence-electron chi connectivity index (χ1n) is 47.7. The Morgan fingerprint density at radius 2 is 1.04 bits per heavy atom. The molecule has 1 aromatic carbocycles. The zero-order chi connectivity index (χ0) is 101. The van der Waals surface area contributed by atoms with Crippen molar-refractivity contribution in [3.8, 4) is 0 Å². The number of halogens is 1. The van der Waals surface area contributed by atoms with Crippen LogP contribution < -0.4 is 34.9 Å². The number of piperidine rings is 3. The number of fused-ring (bicyclic) bond motifs is 6. The maximum Gasteiger partial charge on any atom is 1.00 e. The number of thiophene rings is 6. The summed E-state index contributed by atoms with van der Waals surface area (Å²) in [7, 11) is -4.02. The van der Waals surface area contributed by atoms with E-state index in [2.05, 4.69) is 87.2 Å². The van der Waals surface area contributed by atoms with E-state index in [1.807, 2.05) is 70.7 Å². The summed E-state index contributed by atoms with van der Waals surface area (Å²) >= 11 is 8.83. The number of carbonyl (C=O) groups excluding carboxylic acids is 6. The van der Waals surface area contributed by atoms with E-state index < -0.39 is 57.3 Å². The largest absolute Gasteiger partial charge is 1.00 e. The van der Waals surface area contributed by atoms with Crippen LogP contribution in [0.5, 0.6) is 0 Å². The van der Waals surface area contributed by atoms with Crippen LogP contribution in [0.4, 0.5) is 9.59 Å². The second kappa shape index (κ2) is 53.2. The number of allylic oxidation sites excluding steroid dienone is 1. The van der Waals surface area contributed by atoms with Gasteiger partial charge in [-0.1, -0.05) is 45.4 Å². The number of nitrogens with zero attached hydrogens (tertiary/aromatic N) is 14. The summed E-state index contributed by atoms with van der Waals surface area (Å²) in [5.74, 6) is -1.61. The van der Waals surface area contributed by atoms with Gasteiger partial charge in [0.15, 0.2) is 24.5 Å². The van der Waals surface area contributed by atoms with Crippen molar-refractivity contribution in [3.05, 3.63) is 164 Å². The molecule has 8 aliphatic heterocycles. The fourth-order valence-electron chi connectivity index (χ4n) is 16.4. The molecule has 7 unspecified atom stereocenters. The summed E-state index contributed by atoms with van der Waals surface area (Å²) in [5.41, 5.74) is 0.980. The van der Waals surface area contributed by atoms with Crippen molar-refractivity contribution >= 4 is 214 Å². The molecule has 13 aromatic heterocycles. The number of H-pyrrole nitrogens is 3. The molecule has 7 N–H and O–H groups in total. The minimum atomic E-state index is -4.02. The molecule has 773 valence electrons. The van der Waals surface area contributed by atoms with Crippen molar-refractivity contribution in [2.45, 2.75) is 233 Å². The molecule has 8 aliphatic rings. The molecule has 0 bridgehead atoms. The van der Waals surface area contributed by atoms with Crippen molar-refractivity contribution in [1.82, 2.24) is 84.6 Å². The van der Waals surface area contributed by atoms with Crippen molar-refractivity contribution in [2.24, 2.45) is 34.6 Å². The average molecular weight is 2150 g/mol. The van der Waals surface area contributed by atoms with Crippen LogP contribution in [0, 0.1) is 36.5 Å². The minimum Gasteiger partial charge on any atom is -1.00 e. The molecule has 21 heterocycles. The fourth-order valence-corrected chi connectivity index (χ4v) is 23.0. The average Bonchev–Trinajstić information content (AvgIpc) is 1.68. The van der Waals surface area contributed by atoms with Gasteiger partial charge < -0.3 is 45.4 Å². The molecular weight excluding hydrogens is 2030 g/mol. The van der Waals surface area contributed by atoms with Crippen LogP contribution in [0.15, 0.2) is 139 Å². The number of ketones is 1. The number of likely N-dealkylation sites (tertiary alicyclic amines) is 2. The van der Waals surface area contributed by atoms with Gasteiger partial charge in [0.05, 0.1) is 75.3 Å². The minimum absolute atomic E-state index is 0. The number of benzene rings is 1. The second-order valence-electron chi connectivity index (χ2n) is 38.1. The number of rotatable bonds is 11. The van der Waals surface area contributed by atoms with Gasteiger partial charge in [-0.2, -0.15) is 39.0 Å². The Hall–Kier alpha value is -10.1. The second-order valence-corrected chi connectivity index (χ2v) is 45.8. The monoisotopic (exact) mass is 2150 g/mol. The number of carboxylic acid groups (broad SMARTS) is 2. The zero-order valence-electron chi connectivity index (χ0n) is 84.2. The van der Waals surface area contributed by atoms with Gasteiger partial charge in [-0.05, 0) is 242 Å². The number of carbonyl (C=O) groups is 8. The van der Waals surface area contributed by atoms with Crippen LogP contribution in [0.25, 0.3) is 61.3 Å². The number of hydrogen-bond acceptors (Lipinski definition) is 31. The third-order valence-corrected chi connectivity index (χ3v) is 31.5. The first-order chi connectivity index (χ1) is 67.9. The standard InChI is InChI=1S/C22H29N3O5S.C14H14N4O2S.C11H15N3S.C11H13N3S.C11H12N2O3S.C11H19NO3.C7H8O3S.C6H4N2O2S.C5H8O.B.ClH.Na.H/c1-13-9-15(19(27)24(12-13)21(28)30-22(2,3)4)18(26)16-10-14-11-23-25(20(14)31-16)17-7-5-6-8-29-17;19-13(17-5-4-15-9-17)11-7-10-8-16-18(14(10)21-11)12-3-1-2-6-20-12;2*1-7-2-3-9(12-5-7)10-4-8-6-13-14-11(8)15-10;14-11(15)8-5-7-6-12-13(10(7)17-8)9-3-1-2-4-16-9;1-8-5-6-9(13)12(7-8)10(14)15-11(2,3)4;1-6-2-4-7(5-3-6)11(8,9)10;9-6(10)4-1-3-2-7-8-5(3)11-4;1-2-4-6-5-3-1;;;;/h10-11,13,15,17H,5-9,12H2,1-4H3;4-5,7-9,12H,1-3,6H2;4,6-7,9,12H,2-3,5H2,1H3,(H,13,14);4,6-7H,2-3,5H2,1H3,(H,13,14);5-6,9H,1-4H2,(H,14,15);8H,5-7H2,1-4H3;2-5H,1H3,(H,8,9,10);1-2H,(H,7,8)(H,9,10);2,4H,1,3,5H2;;1H;;/q;;;;;;;;;;;+1;-1/t;;7-,9+;;;;;;;;;;/m..0........../s1. The Morgan fingerprint density at radius 3 is 1.50 bits per heavy atom. The summed E-state index contributed by atoms with van der Waals surface area (Å²) in [6.07, 6.45) is 36.3. The maximum absolute atomic E-state index is 13.3. The molecule has 4 amide bonds. The Balaban J connectivity index is 0.000000172. The topological polar surface area (TPSA) is 475 Å². The first kappa shape index (κ1) is 115. The Kier molecular flexibility index (Phi) is 42.3. The Labute approximate surface area is 895 Å². The number of aromatic nitrogens is 14. The molecule has 22 rings (SSSR count). The number of imide groups is 2. The van der Waals surface area contributed by atoms with Gasteiger partial charge in [0.2, 0.25) is 11.8 Å². The number of carboxylic acids is 2. The van der Waals surface area contributed by atoms with Crippen molar-refractivity contribution in [2.75, 3.05) is 52.6 Å². The van der Waals surface area contributed by atoms with Crippen LogP contribution in [0.1, 0.15) is 265 Å². The third-order valence-electron chi connectivity index (χ3n) is 23.9. The summed E-state index contributed by atoms with van der Waals surface area (Å²) in [6, 6.07) is 17.9. The number of aryl methyl sites for hydroxylation is 1. The predicted octanol–water partition coefficient (Wildman–Crippen LogP) is 18.3. The van der Waals surface area contributed by atoms with Crippen LogP contribution in [0.3, 0.4) is 0 Å². The molecule has 145 heavy (non-hydrogen) atoms. The van der Waals surface area contributed by atoms with E-state index in [1.165, 1.54) is 136 Å². The van der Waals surface area contributed by atoms with Gasteiger partial charge in [0, 0.05) is 110 Å². The molecule has 6 fully saturated rings. The SMILES string of the molecule is C1=COCCC1.CC1CC(C(=O)c2cc3cnn(C4CCCCO4)c3s2)C(=O)N(C(=O)OC(C)(C)C)C1.CC1CCC(=O)N(C(=O)OC(C)(C)C)C1.CC1CCC(c2cc3cn[nH]c3s2)=NC1.C[C@H]1CC[C@H](c2cc3cn[nH]c3s2)NC1.Cc1ccc(S(=O)(=O)O)cc1.Cl.O=C(O)c1cc2cn[nH]c2s1.O=C(O)c1cc2cnn(C3CCCCO3)c2s1.O=C(c1cc2cnn(C3CCCCO3)c2s1)n1ccnc1.[B].[H-].[Na+]. The molecule has 47 heteroatoms. The Morgan fingerprint density at radius 1 is 0.545 bits per heavy atom. The molecule has 6 saturated heterocycles. The van der Waals surface area contributed by atoms with Gasteiger partial charge in [-0.25, -0.2) is 48.0 Å². The van der Waals surface area contributed by atoms with Crippen molar-refractivity contribution in [3.63, 3.8) is 0 Å². The normalized spacial score (nSPS) is 20.5. The van der Waals surface area contributed by atoms with Crippen molar-refractivity contribution in [1.29, 1.82) is 0 Å². The summed E-state index contributed by atoms with van der Waals surface area (Å²) in [4.78, 5) is 117. The molecule has 0 aliphatic carbocycles. The van der Waals surface area contributed by atoms with Gasteiger partial charge in [-0.3, -0.25) is 48.6 Å². The number of ether oxygens (including phenoxy) is 6. The number of aromatic carboxylic acids is 2. The molecule has 0 saturated carbocycles. The van der Waals surface area contributed by atoms with E-state index in [1.54, 1.807) is 127 Å². The quantitative estimate of drug-likeness (QED) is 0.0274. The maximum atomic E-state index is 13.3. The van der Waals surface area contributed by atoms with Crippen LogP contribution >= 0.6 is 80.4 Å². The first-order valence-corrected chi connectivity index (χ1v) is 54.0. The van der Waals surface area contributed by atoms with E-state index in [4.69, 9.17) is 43.2 Å². The van der Waals surface area contributed by atoms with Crippen LogP contribution in [-0.2, 0) is 48.1 Å². The fraction of sp³-hybridized carbons (Fsp3) is 0.490. The van der Waals surface area contributed by atoms with Gasteiger partial charge in [0.25, 0.3) is 16.0 Å². The molecule has 9 atom stereocenters. The Bertz CT molecular complexity index is 6720. The zero-order valence-corrected chi connectivity index (χ0v) is 91.7. The summed E-state index contributed by atoms with van der Waals surface area (Å²) < 4.78 is 69.3. The van der Waals surface area contributed by atoms with Crippen LogP contribution in [0.2, 0.25) is 0 Å². The van der Waals surface area contributed by atoms with E-state index in [-0.39, 0.29) is 105 Å². The van der Waals surface area contributed by atoms with Crippen LogP contribution in [-0.4, -0.2) is 228 Å². The van der Waals surface area contributed by atoms with E-state index in [0.717, 1.165) is 172 Å². The number of aliphatic imine (C=N–C) groups is 1. The molecular formula is C98H124BClN18NaO19S7.